The van der Waals surface area contributed by atoms with E-state index in [1.165, 1.54) is 0 Å². The summed E-state index contributed by atoms with van der Waals surface area (Å²) in [4.78, 5) is 12.6. The highest BCUT2D eigenvalue weighted by Crippen LogP contribution is 2.37. The molecule has 0 aliphatic heterocycles. The first-order valence-corrected chi connectivity index (χ1v) is 7.59. The van der Waals surface area contributed by atoms with E-state index in [0.29, 0.717) is 12.2 Å². The number of benzene rings is 1. The Morgan fingerprint density at radius 3 is 2.82 bits per heavy atom. The van der Waals surface area contributed by atoms with Crippen molar-refractivity contribution in [3.05, 3.63) is 52.3 Å². The van der Waals surface area contributed by atoms with E-state index in [1.807, 2.05) is 41.8 Å². The molecule has 0 saturated heterocycles. The molecule has 0 radical (unpaired) electrons. The molecule has 112 valence electrons. The number of hydrogen-bond donors (Lipinski definition) is 0. The van der Waals surface area contributed by atoms with Crippen molar-refractivity contribution in [2.45, 2.75) is 32.2 Å². The smallest absolute Gasteiger partial charge is 0.255 e. The van der Waals surface area contributed by atoms with Crippen LogP contribution in [0.1, 0.15) is 31.4 Å². The van der Waals surface area contributed by atoms with E-state index in [2.05, 4.69) is 6.07 Å². The summed E-state index contributed by atoms with van der Waals surface area (Å²) in [6, 6.07) is 13.8. The second-order valence-corrected chi connectivity index (χ2v) is 5.45. The van der Waals surface area contributed by atoms with Gasteiger partial charge in [0, 0.05) is 17.2 Å². The van der Waals surface area contributed by atoms with Crippen molar-refractivity contribution in [3.8, 4) is 23.1 Å². The summed E-state index contributed by atoms with van der Waals surface area (Å²) in [5.74, 6) is 0.802. The zero-order valence-electron chi connectivity index (χ0n) is 12.6. The number of pyridine rings is 1. The predicted octanol–water partition coefficient (Wildman–Crippen LogP) is 3.31. The zero-order chi connectivity index (χ0) is 15.5. The summed E-state index contributed by atoms with van der Waals surface area (Å²) in [5.41, 5.74) is 2.40. The van der Waals surface area contributed by atoms with E-state index < -0.39 is 0 Å². The van der Waals surface area contributed by atoms with Crippen LogP contribution in [0.2, 0.25) is 0 Å². The summed E-state index contributed by atoms with van der Waals surface area (Å²) in [7, 11) is 0. The van der Waals surface area contributed by atoms with E-state index in [1.54, 1.807) is 6.07 Å². The molecule has 0 N–H and O–H groups in total. The van der Waals surface area contributed by atoms with Gasteiger partial charge in [0.25, 0.3) is 5.56 Å². The predicted molar refractivity (Wildman–Crippen MR) is 84.9 cm³/mol. The largest absolute Gasteiger partial charge is 0.494 e. The molecule has 0 bridgehead atoms. The van der Waals surface area contributed by atoms with Crippen LogP contribution in [0.25, 0.3) is 11.3 Å². The second kappa shape index (κ2) is 6.07. The molecule has 4 heteroatoms. The highest BCUT2D eigenvalue weighted by atomic mass is 16.5. The van der Waals surface area contributed by atoms with Gasteiger partial charge >= 0.3 is 0 Å². The van der Waals surface area contributed by atoms with Gasteiger partial charge in [0.1, 0.15) is 5.75 Å². The summed E-state index contributed by atoms with van der Waals surface area (Å²) in [5, 5.41) is 8.86. The molecule has 2 aromatic rings. The second-order valence-electron chi connectivity index (χ2n) is 5.45. The topological polar surface area (TPSA) is 55.0 Å². The van der Waals surface area contributed by atoms with E-state index >= 15 is 0 Å². The van der Waals surface area contributed by atoms with Crippen molar-refractivity contribution in [2.75, 3.05) is 6.61 Å². The van der Waals surface area contributed by atoms with E-state index in [4.69, 9.17) is 10.00 Å². The minimum atomic E-state index is -0.0386. The molecule has 0 amide bonds. The number of rotatable bonds is 5. The van der Waals surface area contributed by atoms with Gasteiger partial charge in [-0.3, -0.25) is 4.79 Å². The van der Waals surface area contributed by atoms with Crippen LogP contribution in [-0.4, -0.2) is 11.2 Å². The summed E-state index contributed by atoms with van der Waals surface area (Å²) >= 11 is 0. The fourth-order valence-corrected chi connectivity index (χ4v) is 2.66. The van der Waals surface area contributed by atoms with Crippen LogP contribution in [0.4, 0.5) is 0 Å². The van der Waals surface area contributed by atoms with Gasteiger partial charge in [-0.25, -0.2) is 0 Å². The first kappa shape index (κ1) is 14.4. The maximum Gasteiger partial charge on any atom is 0.255 e. The van der Waals surface area contributed by atoms with Crippen LogP contribution in [0, 0.1) is 11.3 Å². The van der Waals surface area contributed by atoms with Gasteiger partial charge in [-0.05, 0) is 38.0 Å². The van der Waals surface area contributed by atoms with E-state index in [-0.39, 0.29) is 18.0 Å². The summed E-state index contributed by atoms with van der Waals surface area (Å²) < 4.78 is 7.39. The molecule has 0 unspecified atom stereocenters. The molecule has 4 nitrogen and oxygen atoms in total. The number of nitriles is 1. The summed E-state index contributed by atoms with van der Waals surface area (Å²) in [6.07, 6.45) is 2.20. The molecule has 1 fully saturated rings. The van der Waals surface area contributed by atoms with Crippen molar-refractivity contribution in [3.63, 3.8) is 0 Å². The molecule has 22 heavy (non-hydrogen) atoms. The van der Waals surface area contributed by atoms with Gasteiger partial charge in [0.05, 0.1) is 24.8 Å². The molecular formula is C18H18N2O2. The SMILES string of the molecule is CCOc1cccc(-c2ccc(CC#N)c(=O)n2C2CC2)c1. The van der Waals surface area contributed by atoms with Crippen LogP contribution < -0.4 is 10.3 Å². The Labute approximate surface area is 129 Å². The Morgan fingerprint density at radius 1 is 1.32 bits per heavy atom. The van der Waals surface area contributed by atoms with Gasteiger partial charge < -0.3 is 9.30 Å². The fraction of sp³-hybridized carbons (Fsp3) is 0.333. The minimum Gasteiger partial charge on any atom is -0.494 e. The Kier molecular flexibility index (Phi) is 3.97. The highest BCUT2D eigenvalue weighted by Gasteiger charge is 2.28. The third-order valence-electron chi connectivity index (χ3n) is 3.82. The van der Waals surface area contributed by atoms with E-state index in [0.717, 1.165) is 29.8 Å². The van der Waals surface area contributed by atoms with Crippen LogP contribution in [-0.2, 0) is 6.42 Å². The molecule has 1 aromatic heterocycles. The monoisotopic (exact) mass is 294 g/mol. The standard InChI is InChI=1S/C18H18N2O2/c1-2-22-16-5-3-4-14(12-16)17-9-6-13(10-11-19)18(21)20(17)15-7-8-15/h3-6,9,12,15H,2,7-8,10H2,1H3. The van der Waals surface area contributed by atoms with Gasteiger partial charge in [-0.1, -0.05) is 18.2 Å². The maximum atomic E-state index is 12.6. The Hall–Kier alpha value is -2.54. The third-order valence-corrected chi connectivity index (χ3v) is 3.82. The Balaban J connectivity index is 2.11. The molecule has 1 heterocycles. The van der Waals surface area contributed by atoms with Crippen LogP contribution >= 0.6 is 0 Å². The molecule has 1 aliphatic rings. The molecule has 1 aliphatic carbocycles. The lowest BCUT2D eigenvalue weighted by atomic mass is 10.1. The molecule has 0 spiro atoms. The zero-order valence-corrected chi connectivity index (χ0v) is 12.6. The quantitative estimate of drug-likeness (QED) is 0.850. The van der Waals surface area contributed by atoms with Crippen LogP contribution in [0.3, 0.4) is 0 Å². The third kappa shape index (κ3) is 2.75. The van der Waals surface area contributed by atoms with Crippen molar-refractivity contribution in [2.24, 2.45) is 0 Å². The lowest BCUT2D eigenvalue weighted by Gasteiger charge is -2.14. The normalized spacial score (nSPS) is 13.6. The Morgan fingerprint density at radius 2 is 2.14 bits per heavy atom. The van der Waals surface area contributed by atoms with Crippen LogP contribution in [0.5, 0.6) is 5.75 Å². The lowest BCUT2D eigenvalue weighted by molar-refractivity contribution is 0.340. The van der Waals surface area contributed by atoms with Crippen molar-refractivity contribution < 1.29 is 4.74 Å². The molecule has 1 aromatic carbocycles. The average molecular weight is 294 g/mol. The summed E-state index contributed by atoms with van der Waals surface area (Å²) in [6.45, 7) is 2.56. The number of nitrogens with zero attached hydrogens (tertiary/aromatic N) is 2. The highest BCUT2D eigenvalue weighted by molar-refractivity contribution is 5.62. The first-order chi connectivity index (χ1) is 10.7. The molecular weight excluding hydrogens is 276 g/mol. The Bertz CT molecular complexity index is 782. The van der Waals surface area contributed by atoms with Crippen LogP contribution in [0.15, 0.2) is 41.2 Å². The van der Waals surface area contributed by atoms with Crippen molar-refractivity contribution in [1.29, 1.82) is 5.26 Å². The van der Waals surface area contributed by atoms with Gasteiger partial charge in [-0.15, -0.1) is 0 Å². The molecule has 0 atom stereocenters. The average Bonchev–Trinajstić information content (AvgIpc) is 3.34. The first-order valence-electron chi connectivity index (χ1n) is 7.59. The number of hydrogen-bond acceptors (Lipinski definition) is 3. The van der Waals surface area contributed by atoms with Gasteiger partial charge in [0.2, 0.25) is 0 Å². The number of ether oxygens (including phenoxy) is 1. The maximum absolute atomic E-state index is 12.6. The van der Waals surface area contributed by atoms with Crippen molar-refractivity contribution in [1.82, 2.24) is 4.57 Å². The van der Waals surface area contributed by atoms with E-state index in [9.17, 15) is 4.79 Å². The fourth-order valence-electron chi connectivity index (χ4n) is 2.66. The molecule has 3 rings (SSSR count). The number of aromatic nitrogens is 1. The van der Waals surface area contributed by atoms with Gasteiger partial charge in [0.15, 0.2) is 0 Å². The van der Waals surface area contributed by atoms with Gasteiger partial charge in [-0.2, -0.15) is 5.26 Å². The minimum absolute atomic E-state index is 0.0386. The lowest BCUT2D eigenvalue weighted by Crippen LogP contribution is -2.24. The molecule has 1 saturated carbocycles. The van der Waals surface area contributed by atoms with Crippen molar-refractivity contribution >= 4 is 0 Å².